The summed E-state index contributed by atoms with van der Waals surface area (Å²) in [5, 5.41) is 11.0. The number of carbonyl (C=O) groups excluding carboxylic acids is 1. The Balaban J connectivity index is 1.79. The second kappa shape index (κ2) is 5.16. The van der Waals surface area contributed by atoms with Gasteiger partial charge >= 0.3 is 0 Å². The first-order valence-electron chi connectivity index (χ1n) is 6.84. The molecule has 6 nitrogen and oxygen atoms in total. The number of aromatic nitrogens is 3. The zero-order valence-electron chi connectivity index (χ0n) is 11.6. The van der Waals surface area contributed by atoms with Gasteiger partial charge in [-0.1, -0.05) is 6.07 Å². The lowest BCUT2D eigenvalue weighted by Gasteiger charge is -2.14. The van der Waals surface area contributed by atoms with Crippen LogP contribution in [0.1, 0.15) is 41.4 Å². The summed E-state index contributed by atoms with van der Waals surface area (Å²) < 4.78 is 15.4. The van der Waals surface area contributed by atoms with Gasteiger partial charge in [0.05, 0.1) is 17.3 Å². The van der Waals surface area contributed by atoms with Crippen molar-refractivity contribution in [2.45, 2.75) is 32.4 Å². The molecule has 0 fully saturated rings. The van der Waals surface area contributed by atoms with Crippen LogP contribution in [0.2, 0.25) is 0 Å². The van der Waals surface area contributed by atoms with Crippen LogP contribution in [0, 0.1) is 5.82 Å². The number of benzene rings is 1. The summed E-state index contributed by atoms with van der Waals surface area (Å²) in [6, 6.07) is 3.86. The Morgan fingerprint density at radius 3 is 3.10 bits per heavy atom. The van der Waals surface area contributed by atoms with Crippen LogP contribution in [0.4, 0.5) is 10.1 Å². The molecule has 1 aromatic heterocycles. The second-order valence-electron chi connectivity index (χ2n) is 5.13. The minimum atomic E-state index is -0.598. The molecule has 1 aromatic carbocycles. The van der Waals surface area contributed by atoms with Gasteiger partial charge in [-0.25, -0.2) is 4.39 Å². The first kappa shape index (κ1) is 13.5. The molecular weight excluding hydrogens is 273 g/mol. The number of hydrogen-bond donors (Lipinski definition) is 2. The summed E-state index contributed by atoms with van der Waals surface area (Å²) in [6.45, 7) is 2.68. The van der Waals surface area contributed by atoms with Gasteiger partial charge in [0.15, 0.2) is 5.82 Å². The maximum atomic E-state index is 13.4. The van der Waals surface area contributed by atoms with Crippen molar-refractivity contribution in [1.29, 1.82) is 0 Å². The standard InChI is InChI=1S/C14H16FN5O/c1-8(13-19-18-11-6-3-7-20(11)13)17-14(21)9-4-2-5-10(15)12(9)16/h2,4-5,8H,3,6-7,16H2,1H3,(H,17,21). The molecule has 2 aromatic rings. The molecule has 7 heteroatoms. The molecule has 110 valence electrons. The van der Waals surface area contributed by atoms with Crippen molar-refractivity contribution in [2.24, 2.45) is 0 Å². The number of fused-ring (bicyclic) bond motifs is 1. The van der Waals surface area contributed by atoms with E-state index in [1.807, 2.05) is 11.5 Å². The highest BCUT2D eigenvalue weighted by atomic mass is 19.1. The van der Waals surface area contributed by atoms with E-state index in [9.17, 15) is 9.18 Å². The minimum Gasteiger partial charge on any atom is -0.396 e. The third kappa shape index (κ3) is 2.35. The van der Waals surface area contributed by atoms with Gasteiger partial charge in [-0.2, -0.15) is 0 Å². The van der Waals surface area contributed by atoms with Crippen LogP contribution in [0.15, 0.2) is 18.2 Å². The molecule has 0 saturated carbocycles. The molecule has 0 aliphatic carbocycles. The van der Waals surface area contributed by atoms with Gasteiger partial charge in [0.25, 0.3) is 5.91 Å². The second-order valence-corrected chi connectivity index (χ2v) is 5.13. The van der Waals surface area contributed by atoms with Crippen molar-refractivity contribution < 1.29 is 9.18 Å². The summed E-state index contributed by atoms with van der Waals surface area (Å²) in [6.07, 6.45) is 1.94. The smallest absolute Gasteiger partial charge is 0.254 e. The predicted octanol–water partition coefficient (Wildman–Crippen LogP) is 1.44. The van der Waals surface area contributed by atoms with Gasteiger partial charge in [-0.15, -0.1) is 10.2 Å². The van der Waals surface area contributed by atoms with Gasteiger partial charge in [0.2, 0.25) is 0 Å². The van der Waals surface area contributed by atoms with Crippen molar-refractivity contribution in [3.63, 3.8) is 0 Å². The van der Waals surface area contributed by atoms with E-state index in [-0.39, 0.29) is 17.3 Å². The lowest BCUT2D eigenvalue weighted by Crippen LogP contribution is -2.29. The Hall–Kier alpha value is -2.44. The van der Waals surface area contributed by atoms with Crippen LogP contribution >= 0.6 is 0 Å². The van der Waals surface area contributed by atoms with Gasteiger partial charge in [0, 0.05) is 13.0 Å². The van der Waals surface area contributed by atoms with Crippen molar-refractivity contribution in [3.8, 4) is 0 Å². The summed E-state index contributed by atoms with van der Waals surface area (Å²) in [5.41, 5.74) is 5.58. The monoisotopic (exact) mass is 289 g/mol. The maximum Gasteiger partial charge on any atom is 0.254 e. The molecule has 1 atom stereocenters. The molecule has 2 heterocycles. The fourth-order valence-corrected chi connectivity index (χ4v) is 2.57. The number of nitrogens with zero attached hydrogens (tertiary/aromatic N) is 3. The first-order chi connectivity index (χ1) is 10.1. The highest BCUT2D eigenvalue weighted by Gasteiger charge is 2.23. The summed E-state index contributed by atoms with van der Waals surface area (Å²) in [7, 11) is 0. The van der Waals surface area contributed by atoms with Crippen LogP contribution in [0.25, 0.3) is 0 Å². The number of amides is 1. The molecule has 0 radical (unpaired) electrons. The molecule has 0 bridgehead atoms. The van der Waals surface area contributed by atoms with Crippen LogP contribution < -0.4 is 11.1 Å². The Morgan fingerprint density at radius 1 is 1.48 bits per heavy atom. The zero-order chi connectivity index (χ0) is 15.0. The molecule has 0 spiro atoms. The predicted molar refractivity (Wildman–Crippen MR) is 75.0 cm³/mol. The Labute approximate surface area is 121 Å². The SMILES string of the molecule is CC(NC(=O)c1cccc(F)c1N)c1nnc2n1CCC2. The van der Waals surface area contributed by atoms with E-state index in [0.29, 0.717) is 5.82 Å². The van der Waals surface area contributed by atoms with Crippen LogP contribution in [0.3, 0.4) is 0 Å². The number of rotatable bonds is 3. The number of aryl methyl sites for hydroxylation is 1. The average molecular weight is 289 g/mol. The van der Waals surface area contributed by atoms with Gasteiger partial charge in [-0.3, -0.25) is 4.79 Å². The van der Waals surface area contributed by atoms with E-state index in [0.717, 1.165) is 25.2 Å². The number of carbonyl (C=O) groups is 1. The number of halogens is 1. The van der Waals surface area contributed by atoms with E-state index in [1.165, 1.54) is 18.2 Å². The Bertz CT molecular complexity index is 697. The highest BCUT2D eigenvalue weighted by molar-refractivity contribution is 5.99. The van der Waals surface area contributed by atoms with Gasteiger partial charge in [-0.05, 0) is 25.5 Å². The molecule has 3 N–H and O–H groups in total. The lowest BCUT2D eigenvalue weighted by molar-refractivity contribution is 0.0938. The quantitative estimate of drug-likeness (QED) is 0.837. The zero-order valence-corrected chi connectivity index (χ0v) is 11.6. The van der Waals surface area contributed by atoms with E-state index >= 15 is 0 Å². The van der Waals surface area contributed by atoms with E-state index < -0.39 is 11.7 Å². The van der Waals surface area contributed by atoms with E-state index in [1.54, 1.807) is 0 Å². The lowest BCUT2D eigenvalue weighted by atomic mass is 10.1. The minimum absolute atomic E-state index is 0.128. The molecular formula is C14H16FN5O. The number of nitrogens with two attached hydrogens (primary N) is 1. The molecule has 0 saturated heterocycles. The van der Waals surface area contributed by atoms with Crippen molar-refractivity contribution in [3.05, 3.63) is 41.2 Å². The molecule has 3 rings (SSSR count). The fourth-order valence-electron chi connectivity index (χ4n) is 2.57. The summed E-state index contributed by atoms with van der Waals surface area (Å²) >= 11 is 0. The molecule has 1 aliphatic rings. The largest absolute Gasteiger partial charge is 0.396 e. The summed E-state index contributed by atoms with van der Waals surface area (Å²) in [4.78, 5) is 12.2. The van der Waals surface area contributed by atoms with E-state index in [2.05, 4.69) is 15.5 Å². The number of nitrogens with one attached hydrogen (secondary N) is 1. The number of nitrogen functional groups attached to an aromatic ring is 1. The highest BCUT2D eigenvalue weighted by Crippen LogP contribution is 2.20. The molecule has 1 amide bonds. The molecule has 1 unspecified atom stereocenters. The third-order valence-corrected chi connectivity index (χ3v) is 3.67. The van der Waals surface area contributed by atoms with Gasteiger partial charge in [0.1, 0.15) is 11.6 Å². The average Bonchev–Trinajstić information content (AvgIpc) is 3.03. The Morgan fingerprint density at radius 2 is 2.29 bits per heavy atom. The topological polar surface area (TPSA) is 85.8 Å². The van der Waals surface area contributed by atoms with Crippen molar-refractivity contribution >= 4 is 11.6 Å². The van der Waals surface area contributed by atoms with Crippen LogP contribution in [0.5, 0.6) is 0 Å². The van der Waals surface area contributed by atoms with Crippen LogP contribution in [-0.4, -0.2) is 20.7 Å². The van der Waals surface area contributed by atoms with E-state index in [4.69, 9.17) is 5.73 Å². The van der Waals surface area contributed by atoms with Crippen molar-refractivity contribution in [2.75, 3.05) is 5.73 Å². The molecule has 21 heavy (non-hydrogen) atoms. The van der Waals surface area contributed by atoms with Gasteiger partial charge < -0.3 is 15.6 Å². The van der Waals surface area contributed by atoms with Crippen LogP contribution in [-0.2, 0) is 13.0 Å². The summed E-state index contributed by atoms with van der Waals surface area (Å²) in [5.74, 6) is 0.635. The normalized spacial score (nSPS) is 14.8. The fraction of sp³-hybridized carbons (Fsp3) is 0.357. The Kier molecular flexibility index (Phi) is 3.32. The maximum absolute atomic E-state index is 13.4. The number of anilines is 1. The molecule has 1 aliphatic heterocycles. The third-order valence-electron chi connectivity index (χ3n) is 3.67. The number of para-hydroxylation sites is 1. The first-order valence-corrected chi connectivity index (χ1v) is 6.84. The number of hydrogen-bond acceptors (Lipinski definition) is 4. The van der Waals surface area contributed by atoms with Crippen molar-refractivity contribution in [1.82, 2.24) is 20.1 Å².